The van der Waals surface area contributed by atoms with Crippen LogP contribution < -0.4 is 0 Å². The first kappa shape index (κ1) is 15.8. The number of rotatable bonds is 4. The number of carbonyl (C=O) groups is 1. The van der Waals surface area contributed by atoms with Gasteiger partial charge in [0, 0.05) is 0 Å². The Bertz CT molecular complexity index is 579. The lowest BCUT2D eigenvalue weighted by molar-refractivity contribution is -0.154. The van der Waals surface area contributed by atoms with E-state index in [9.17, 15) is 4.79 Å². The first-order chi connectivity index (χ1) is 11.2. The largest absolute Gasteiger partial charge is 0.452 e. The molecule has 0 atom stereocenters. The van der Waals surface area contributed by atoms with Crippen LogP contribution in [0.2, 0.25) is 0 Å². The Labute approximate surface area is 137 Å². The van der Waals surface area contributed by atoms with Gasteiger partial charge in [-0.25, -0.2) is 0 Å². The third-order valence-corrected chi connectivity index (χ3v) is 4.49. The molecule has 1 fully saturated rings. The second-order valence-electron chi connectivity index (χ2n) is 6.22. The Morgan fingerprint density at radius 2 is 1.43 bits per heavy atom. The lowest BCUT2D eigenvalue weighted by Crippen LogP contribution is -2.34. The van der Waals surface area contributed by atoms with E-state index in [1.165, 1.54) is 0 Å². The Hall–Kier alpha value is -2.13. The zero-order valence-corrected chi connectivity index (χ0v) is 13.5. The lowest BCUT2D eigenvalue weighted by Gasteiger charge is -2.29. The van der Waals surface area contributed by atoms with Crippen LogP contribution in [-0.2, 0) is 9.53 Å². The molecule has 0 unspecified atom stereocenters. The minimum Gasteiger partial charge on any atom is -0.452 e. The molecule has 3 nitrogen and oxygen atoms in total. The van der Waals surface area contributed by atoms with E-state index in [1.54, 1.807) is 0 Å². The molecule has 0 spiro atoms. The summed E-state index contributed by atoms with van der Waals surface area (Å²) in [6.07, 6.45) is 1.43. The highest BCUT2D eigenvalue weighted by atomic mass is 16.5. The Balaban J connectivity index is 1.78. The summed E-state index contributed by atoms with van der Waals surface area (Å²) < 4.78 is 5.94. The fraction of sp³-hybridized carbons (Fsp3) is 0.350. The number of esters is 1. The maximum absolute atomic E-state index is 12.6. The van der Waals surface area contributed by atoms with Gasteiger partial charge in [-0.1, -0.05) is 60.7 Å². The molecule has 23 heavy (non-hydrogen) atoms. The van der Waals surface area contributed by atoms with E-state index in [4.69, 9.17) is 4.74 Å². The van der Waals surface area contributed by atoms with Gasteiger partial charge in [-0.2, -0.15) is 0 Å². The van der Waals surface area contributed by atoms with Crippen molar-refractivity contribution in [3.05, 3.63) is 71.8 Å². The van der Waals surface area contributed by atoms with Gasteiger partial charge in [0.05, 0.1) is 5.92 Å². The summed E-state index contributed by atoms with van der Waals surface area (Å²) in [5.41, 5.74) is 2.03. The van der Waals surface area contributed by atoms with Gasteiger partial charge in [-0.3, -0.25) is 4.79 Å². The predicted octanol–water partition coefficient (Wildman–Crippen LogP) is 3.66. The van der Waals surface area contributed by atoms with Crippen LogP contribution in [0.15, 0.2) is 60.7 Å². The molecule has 0 N–H and O–H groups in total. The van der Waals surface area contributed by atoms with E-state index in [0.717, 1.165) is 37.1 Å². The van der Waals surface area contributed by atoms with Gasteiger partial charge in [-0.15, -0.1) is 0 Å². The molecule has 0 amide bonds. The molecule has 0 saturated carbocycles. The predicted molar refractivity (Wildman–Crippen MR) is 91.0 cm³/mol. The van der Waals surface area contributed by atoms with Crippen LogP contribution in [0.4, 0.5) is 0 Å². The van der Waals surface area contributed by atoms with E-state index >= 15 is 0 Å². The smallest absolute Gasteiger partial charge is 0.309 e. The third kappa shape index (κ3) is 3.99. The number of hydrogen-bond donors (Lipinski definition) is 0. The maximum Gasteiger partial charge on any atom is 0.309 e. The van der Waals surface area contributed by atoms with Gasteiger partial charge in [0.25, 0.3) is 0 Å². The summed E-state index contributed by atoms with van der Waals surface area (Å²) in [4.78, 5) is 14.9. The number of ether oxygens (including phenoxy) is 1. The molecular formula is C20H23NO2. The summed E-state index contributed by atoms with van der Waals surface area (Å²) in [5.74, 6) is -0.0584. The molecule has 3 rings (SSSR count). The highest BCUT2D eigenvalue weighted by Gasteiger charge is 2.28. The minimum absolute atomic E-state index is 0.0149. The van der Waals surface area contributed by atoms with Crippen molar-refractivity contribution in [2.45, 2.75) is 18.9 Å². The number of piperidine rings is 1. The van der Waals surface area contributed by atoms with Crippen LogP contribution in [0.25, 0.3) is 0 Å². The summed E-state index contributed by atoms with van der Waals surface area (Å²) in [5, 5.41) is 0. The summed E-state index contributed by atoms with van der Waals surface area (Å²) in [7, 11) is 2.10. The Morgan fingerprint density at radius 3 is 1.91 bits per heavy atom. The van der Waals surface area contributed by atoms with Crippen LogP contribution in [0.3, 0.4) is 0 Å². The number of hydrogen-bond acceptors (Lipinski definition) is 3. The normalized spacial score (nSPS) is 16.4. The molecule has 1 heterocycles. The molecule has 2 aromatic carbocycles. The van der Waals surface area contributed by atoms with Crippen molar-refractivity contribution in [2.75, 3.05) is 20.1 Å². The van der Waals surface area contributed by atoms with Gasteiger partial charge >= 0.3 is 5.97 Å². The molecule has 1 aliphatic rings. The van der Waals surface area contributed by atoms with Crippen LogP contribution >= 0.6 is 0 Å². The second-order valence-corrected chi connectivity index (χ2v) is 6.22. The average molecular weight is 309 g/mol. The molecule has 0 bridgehead atoms. The summed E-state index contributed by atoms with van der Waals surface area (Å²) >= 11 is 0. The van der Waals surface area contributed by atoms with Crippen molar-refractivity contribution in [3.8, 4) is 0 Å². The van der Waals surface area contributed by atoms with Gasteiger partial charge in [0.15, 0.2) is 6.10 Å². The molecule has 1 aliphatic heterocycles. The van der Waals surface area contributed by atoms with Gasteiger partial charge < -0.3 is 9.64 Å². The van der Waals surface area contributed by atoms with Gasteiger partial charge in [0.1, 0.15) is 0 Å². The van der Waals surface area contributed by atoms with Crippen LogP contribution in [-0.4, -0.2) is 31.0 Å². The van der Waals surface area contributed by atoms with Crippen molar-refractivity contribution in [2.24, 2.45) is 5.92 Å². The van der Waals surface area contributed by atoms with Crippen LogP contribution in [0, 0.1) is 5.92 Å². The number of likely N-dealkylation sites (tertiary alicyclic amines) is 1. The SMILES string of the molecule is CN1CCC(C(=O)OC(c2ccccc2)c2ccccc2)CC1. The topological polar surface area (TPSA) is 29.5 Å². The lowest BCUT2D eigenvalue weighted by atomic mass is 9.96. The van der Waals surface area contributed by atoms with Crippen molar-refractivity contribution >= 4 is 5.97 Å². The first-order valence-electron chi connectivity index (χ1n) is 8.23. The summed E-state index contributed by atoms with van der Waals surface area (Å²) in [6.45, 7) is 1.92. The van der Waals surface area contributed by atoms with Crippen molar-refractivity contribution in [1.29, 1.82) is 0 Å². The van der Waals surface area contributed by atoms with Crippen molar-refractivity contribution < 1.29 is 9.53 Å². The third-order valence-electron chi connectivity index (χ3n) is 4.49. The van der Waals surface area contributed by atoms with E-state index in [-0.39, 0.29) is 18.0 Å². The van der Waals surface area contributed by atoms with Gasteiger partial charge in [-0.05, 0) is 44.1 Å². The monoisotopic (exact) mass is 309 g/mol. The highest BCUT2D eigenvalue weighted by Crippen LogP contribution is 2.28. The van der Waals surface area contributed by atoms with Crippen LogP contribution in [0.5, 0.6) is 0 Å². The van der Waals surface area contributed by atoms with E-state index in [2.05, 4.69) is 11.9 Å². The van der Waals surface area contributed by atoms with Crippen molar-refractivity contribution in [3.63, 3.8) is 0 Å². The molecular weight excluding hydrogens is 286 g/mol. The van der Waals surface area contributed by atoms with Crippen molar-refractivity contribution in [1.82, 2.24) is 4.90 Å². The van der Waals surface area contributed by atoms with E-state index in [0.29, 0.717) is 0 Å². The quantitative estimate of drug-likeness (QED) is 0.807. The Kier molecular flexibility index (Phi) is 5.09. The molecule has 0 aromatic heterocycles. The zero-order valence-electron chi connectivity index (χ0n) is 13.5. The van der Waals surface area contributed by atoms with E-state index < -0.39 is 0 Å². The highest BCUT2D eigenvalue weighted by molar-refractivity contribution is 5.73. The summed E-state index contributed by atoms with van der Waals surface area (Å²) in [6, 6.07) is 19.9. The molecule has 1 saturated heterocycles. The molecule has 120 valence electrons. The van der Waals surface area contributed by atoms with E-state index in [1.807, 2.05) is 60.7 Å². The van der Waals surface area contributed by atoms with Crippen LogP contribution in [0.1, 0.15) is 30.1 Å². The maximum atomic E-state index is 12.6. The minimum atomic E-state index is -0.329. The number of nitrogens with zero attached hydrogens (tertiary/aromatic N) is 1. The first-order valence-corrected chi connectivity index (χ1v) is 8.23. The standard InChI is InChI=1S/C20H23NO2/c1-21-14-12-18(13-15-21)20(22)23-19(16-8-4-2-5-9-16)17-10-6-3-7-11-17/h2-11,18-19H,12-15H2,1H3. The molecule has 3 heteroatoms. The van der Waals surface area contributed by atoms with Gasteiger partial charge in [0.2, 0.25) is 0 Å². The Morgan fingerprint density at radius 1 is 0.957 bits per heavy atom. The zero-order chi connectivity index (χ0) is 16.1. The average Bonchev–Trinajstić information content (AvgIpc) is 2.61. The molecule has 0 aliphatic carbocycles. The molecule has 0 radical (unpaired) electrons. The fourth-order valence-corrected chi connectivity index (χ4v) is 3.04. The fourth-order valence-electron chi connectivity index (χ4n) is 3.04. The number of carbonyl (C=O) groups excluding carboxylic acids is 1. The molecule has 2 aromatic rings. The second kappa shape index (κ2) is 7.42. The number of benzene rings is 2.